The number of nitrogens with zero attached hydrogens (tertiary/aromatic N) is 2. The van der Waals surface area contributed by atoms with Gasteiger partial charge in [0.1, 0.15) is 5.82 Å². The molecular weight excluding hydrogens is 288 g/mol. The molecule has 1 aromatic carbocycles. The van der Waals surface area contributed by atoms with Crippen molar-refractivity contribution in [3.05, 3.63) is 59.8 Å². The predicted octanol–water partition coefficient (Wildman–Crippen LogP) is 1.98. The van der Waals surface area contributed by atoms with Crippen molar-refractivity contribution < 1.29 is 4.79 Å². The summed E-state index contributed by atoms with van der Waals surface area (Å²) in [4.78, 5) is 18.7. The Labute approximate surface area is 136 Å². The van der Waals surface area contributed by atoms with Crippen LogP contribution in [0.5, 0.6) is 0 Å². The third-order valence-electron chi connectivity index (χ3n) is 4.05. The lowest BCUT2D eigenvalue weighted by Crippen LogP contribution is -2.46. The number of pyridine rings is 1. The van der Waals surface area contributed by atoms with Gasteiger partial charge in [0.15, 0.2) is 0 Å². The van der Waals surface area contributed by atoms with Crippen molar-refractivity contribution in [2.75, 3.05) is 31.1 Å². The third-order valence-corrected chi connectivity index (χ3v) is 4.05. The predicted molar refractivity (Wildman–Crippen MR) is 91.6 cm³/mol. The molecule has 0 spiro atoms. The fourth-order valence-corrected chi connectivity index (χ4v) is 2.86. The number of anilines is 1. The van der Waals surface area contributed by atoms with Crippen molar-refractivity contribution in [1.29, 1.82) is 0 Å². The molecule has 0 bridgehead atoms. The Kier molecular flexibility index (Phi) is 4.88. The van der Waals surface area contributed by atoms with Crippen LogP contribution in [0.15, 0.2) is 48.7 Å². The molecule has 1 saturated heterocycles. The second-order valence-corrected chi connectivity index (χ2v) is 5.63. The zero-order valence-electron chi connectivity index (χ0n) is 13.3. The zero-order valence-corrected chi connectivity index (χ0v) is 13.3. The monoisotopic (exact) mass is 310 g/mol. The SMILES string of the molecule is CCNC(=O)c1ccnc(N2CCNC(c3ccccc3)C2)c1. The molecule has 1 amide bonds. The third kappa shape index (κ3) is 3.68. The molecule has 23 heavy (non-hydrogen) atoms. The summed E-state index contributed by atoms with van der Waals surface area (Å²) < 4.78 is 0. The lowest BCUT2D eigenvalue weighted by molar-refractivity contribution is 0.0955. The molecule has 1 aliphatic rings. The summed E-state index contributed by atoms with van der Waals surface area (Å²) >= 11 is 0. The number of hydrogen-bond donors (Lipinski definition) is 2. The van der Waals surface area contributed by atoms with Crippen molar-refractivity contribution in [2.24, 2.45) is 0 Å². The molecule has 1 fully saturated rings. The molecule has 120 valence electrons. The summed E-state index contributed by atoms with van der Waals surface area (Å²) in [6.07, 6.45) is 1.71. The summed E-state index contributed by atoms with van der Waals surface area (Å²) in [5.74, 6) is 0.807. The summed E-state index contributed by atoms with van der Waals surface area (Å²) in [6.45, 7) is 5.17. The number of nitrogens with one attached hydrogen (secondary N) is 2. The number of amides is 1. The highest BCUT2D eigenvalue weighted by Crippen LogP contribution is 2.21. The lowest BCUT2D eigenvalue weighted by atomic mass is 10.0. The van der Waals surface area contributed by atoms with Crippen LogP contribution in [0, 0.1) is 0 Å². The van der Waals surface area contributed by atoms with Crippen molar-refractivity contribution in [3.8, 4) is 0 Å². The highest BCUT2D eigenvalue weighted by molar-refractivity contribution is 5.94. The van der Waals surface area contributed by atoms with Gasteiger partial charge in [-0.25, -0.2) is 4.98 Å². The summed E-state index contributed by atoms with van der Waals surface area (Å²) in [7, 11) is 0. The van der Waals surface area contributed by atoms with Crippen LogP contribution >= 0.6 is 0 Å². The number of carbonyl (C=O) groups is 1. The van der Waals surface area contributed by atoms with E-state index >= 15 is 0 Å². The molecule has 2 N–H and O–H groups in total. The van der Waals surface area contributed by atoms with Crippen LogP contribution < -0.4 is 15.5 Å². The summed E-state index contributed by atoms with van der Waals surface area (Å²) in [5.41, 5.74) is 1.93. The van der Waals surface area contributed by atoms with Gasteiger partial charge in [-0.3, -0.25) is 4.79 Å². The number of hydrogen-bond acceptors (Lipinski definition) is 4. The normalized spacial score (nSPS) is 17.8. The molecule has 5 heteroatoms. The van der Waals surface area contributed by atoms with Crippen LogP contribution in [0.1, 0.15) is 28.9 Å². The molecule has 5 nitrogen and oxygen atoms in total. The number of aromatic nitrogens is 1. The van der Waals surface area contributed by atoms with E-state index in [-0.39, 0.29) is 11.9 Å². The molecule has 1 aromatic heterocycles. The number of carbonyl (C=O) groups excluding carboxylic acids is 1. The van der Waals surface area contributed by atoms with E-state index in [4.69, 9.17) is 0 Å². The summed E-state index contributed by atoms with van der Waals surface area (Å²) in [5, 5.41) is 6.37. The Morgan fingerprint density at radius 1 is 1.35 bits per heavy atom. The molecule has 1 atom stereocenters. The van der Waals surface area contributed by atoms with Crippen LogP contribution in [0.2, 0.25) is 0 Å². The van der Waals surface area contributed by atoms with E-state index in [1.54, 1.807) is 12.3 Å². The lowest BCUT2D eigenvalue weighted by Gasteiger charge is -2.34. The van der Waals surface area contributed by atoms with E-state index in [2.05, 4.69) is 44.8 Å². The first-order valence-corrected chi connectivity index (χ1v) is 8.05. The van der Waals surface area contributed by atoms with E-state index in [0.29, 0.717) is 12.1 Å². The minimum Gasteiger partial charge on any atom is -0.353 e. The Morgan fingerprint density at radius 3 is 2.96 bits per heavy atom. The van der Waals surface area contributed by atoms with Gasteiger partial charge in [0, 0.05) is 44.0 Å². The Hall–Kier alpha value is -2.40. The quantitative estimate of drug-likeness (QED) is 0.907. The number of rotatable bonds is 4. The highest BCUT2D eigenvalue weighted by atomic mass is 16.1. The Bertz CT molecular complexity index is 659. The first-order valence-electron chi connectivity index (χ1n) is 8.05. The van der Waals surface area contributed by atoms with Crippen LogP contribution in [0.3, 0.4) is 0 Å². The largest absolute Gasteiger partial charge is 0.353 e. The van der Waals surface area contributed by atoms with Crippen molar-refractivity contribution in [3.63, 3.8) is 0 Å². The molecule has 2 heterocycles. The van der Waals surface area contributed by atoms with Gasteiger partial charge in [-0.2, -0.15) is 0 Å². The van der Waals surface area contributed by atoms with Gasteiger partial charge in [0.05, 0.1) is 0 Å². The maximum atomic E-state index is 12.0. The standard InChI is InChI=1S/C18H22N4O/c1-2-19-18(23)15-8-9-21-17(12-15)22-11-10-20-16(13-22)14-6-4-3-5-7-14/h3-9,12,16,20H,2,10-11,13H2,1H3,(H,19,23). The number of benzene rings is 1. The van der Waals surface area contributed by atoms with Crippen molar-refractivity contribution in [1.82, 2.24) is 15.6 Å². The first-order chi connectivity index (χ1) is 11.3. The molecule has 3 rings (SSSR count). The minimum atomic E-state index is -0.0501. The van der Waals surface area contributed by atoms with Crippen LogP contribution in [-0.4, -0.2) is 37.1 Å². The molecule has 0 radical (unpaired) electrons. The van der Waals surface area contributed by atoms with Crippen LogP contribution in [-0.2, 0) is 0 Å². The van der Waals surface area contributed by atoms with Crippen LogP contribution in [0.25, 0.3) is 0 Å². The van der Waals surface area contributed by atoms with Crippen molar-refractivity contribution in [2.45, 2.75) is 13.0 Å². The first kappa shape index (κ1) is 15.5. The number of piperazine rings is 1. The van der Waals surface area contributed by atoms with Crippen molar-refractivity contribution >= 4 is 11.7 Å². The van der Waals surface area contributed by atoms with E-state index in [1.165, 1.54) is 5.56 Å². The van der Waals surface area contributed by atoms with Gasteiger partial charge < -0.3 is 15.5 Å². The molecule has 1 aliphatic heterocycles. The average molecular weight is 310 g/mol. The highest BCUT2D eigenvalue weighted by Gasteiger charge is 2.22. The van der Waals surface area contributed by atoms with Gasteiger partial charge in [-0.05, 0) is 24.6 Å². The van der Waals surface area contributed by atoms with E-state index < -0.39 is 0 Å². The fraction of sp³-hybridized carbons (Fsp3) is 0.333. The van der Waals surface area contributed by atoms with Gasteiger partial charge in [0.2, 0.25) is 0 Å². The molecular formula is C18H22N4O. The molecule has 1 unspecified atom stereocenters. The van der Waals surface area contributed by atoms with Crippen LogP contribution in [0.4, 0.5) is 5.82 Å². The average Bonchev–Trinajstić information content (AvgIpc) is 2.63. The Balaban J connectivity index is 1.76. The van der Waals surface area contributed by atoms with Gasteiger partial charge in [-0.15, -0.1) is 0 Å². The van der Waals surface area contributed by atoms with Gasteiger partial charge in [-0.1, -0.05) is 30.3 Å². The van der Waals surface area contributed by atoms with E-state index in [0.717, 1.165) is 25.5 Å². The van der Waals surface area contributed by atoms with Gasteiger partial charge >= 0.3 is 0 Å². The smallest absolute Gasteiger partial charge is 0.251 e. The second-order valence-electron chi connectivity index (χ2n) is 5.63. The molecule has 0 aliphatic carbocycles. The van der Waals surface area contributed by atoms with Gasteiger partial charge in [0.25, 0.3) is 5.91 Å². The molecule has 0 saturated carbocycles. The maximum absolute atomic E-state index is 12.0. The summed E-state index contributed by atoms with van der Waals surface area (Å²) in [6, 6.07) is 14.3. The van der Waals surface area contributed by atoms with E-state index in [1.807, 2.05) is 19.1 Å². The molecule has 2 aromatic rings. The minimum absolute atomic E-state index is 0.0501. The maximum Gasteiger partial charge on any atom is 0.251 e. The topological polar surface area (TPSA) is 57.3 Å². The second kappa shape index (κ2) is 7.24. The zero-order chi connectivity index (χ0) is 16.1. The fourth-order valence-electron chi connectivity index (χ4n) is 2.86. The van der Waals surface area contributed by atoms with E-state index in [9.17, 15) is 4.79 Å². The Morgan fingerprint density at radius 2 is 2.17 bits per heavy atom.